The molecule has 52 heavy (non-hydrogen) atoms. The summed E-state index contributed by atoms with van der Waals surface area (Å²) in [6.45, 7) is 7.91. The number of carbonyl (C=O) groups is 4. The summed E-state index contributed by atoms with van der Waals surface area (Å²) in [4.78, 5) is 52.1. The molecule has 1 aliphatic rings. The van der Waals surface area contributed by atoms with E-state index in [1.54, 1.807) is 4.90 Å². The summed E-state index contributed by atoms with van der Waals surface area (Å²) in [5.74, 6) is -2.15. The molecular formula is C42H77NO9. The van der Waals surface area contributed by atoms with Crippen LogP contribution in [0.1, 0.15) is 202 Å². The SMILES string of the molecule is CCCCCCCCCCCCCCCCCCN(C(=O)CCCCCCCCCCC)[C@@H]1O[C@H](CO)[C@@H](OC(C)=O)[C@H](OC(C)=O)[C@@H]1OC(C)=O. The molecule has 0 saturated carbocycles. The Morgan fingerprint density at radius 1 is 0.500 bits per heavy atom. The van der Waals surface area contributed by atoms with Crippen molar-refractivity contribution in [2.24, 2.45) is 0 Å². The highest BCUT2D eigenvalue weighted by Gasteiger charge is 2.54. The van der Waals surface area contributed by atoms with E-state index < -0.39 is 55.2 Å². The highest BCUT2D eigenvalue weighted by Crippen LogP contribution is 2.31. The van der Waals surface area contributed by atoms with Crippen LogP contribution in [0.3, 0.4) is 0 Å². The van der Waals surface area contributed by atoms with Gasteiger partial charge in [0.1, 0.15) is 6.10 Å². The largest absolute Gasteiger partial charge is 0.456 e. The molecule has 10 heteroatoms. The number of aliphatic hydroxyl groups excluding tert-OH is 1. The monoisotopic (exact) mass is 740 g/mol. The van der Waals surface area contributed by atoms with E-state index >= 15 is 0 Å². The van der Waals surface area contributed by atoms with E-state index in [0.29, 0.717) is 13.0 Å². The quantitative estimate of drug-likeness (QED) is 0.0407. The number of aliphatic hydroxyl groups is 1. The van der Waals surface area contributed by atoms with Crippen molar-refractivity contribution in [1.29, 1.82) is 0 Å². The Balaban J connectivity index is 2.82. The lowest BCUT2D eigenvalue weighted by Crippen LogP contribution is -2.66. The molecule has 0 radical (unpaired) electrons. The van der Waals surface area contributed by atoms with E-state index in [0.717, 1.165) is 51.4 Å². The Kier molecular flexibility index (Phi) is 28.7. The van der Waals surface area contributed by atoms with E-state index in [4.69, 9.17) is 18.9 Å². The molecule has 0 aromatic rings. The zero-order valence-corrected chi connectivity index (χ0v) is 33.8. The zero-order valence-electron chi connectivity index (χ0n) is 33.8. The predicted octanol–water partition coefficient (Wildman–Crippen LogP) is 9.51. The second-order valence-electron chi connectivity index (χ2n) is 14.9. The maximum Gasteiger partial charge on any atom is 0.303 e. The number of amides is 1. The first kappa shape index (κ1) is 47.8. The van der Waals surface area contributed by atoms with Crippen molar-refractivity contribution < 1.29 is 43.2 Å². The van der Waals surface area contributed by atoms with Crippen LogP contribution in [0.25, 0.3) is 0 Å². The van der Waals surface area contributed by atoms with Gasteiger partial charge in [-0.05, 0) is 12.8 Å². The van der Waals surface area contributed by atoms with Crippen LogP contribution in [0.2, 0.25) is 0 Å². The minimum Gasteiger partial charge on any atom is -0.456 e. The first-order valence-corrected chi connectivity index (χ1v) is 21.2. The van der Waals surface area contributed by atoms with Gasteiger partial charge in [0, 0.05) is 33.7 Å². The van der Waals surface area contributed by atoms with Gasteiger partial charge in [0.15, 0.2) is 24.5 Å². The second kappa shape index (κ2) is 31.2. The average Bonchev–Trinajstić information content (AvgIpc) is 3.10. The molecule has 1 fully saturated rings. The number of unbranched alkanes of at least 4 members (excludes halogenated alkanes) is 23. The third-order valence-electron chi connectivity index (χ3n) is 10.1. The molecule has 1 aliphatic heterocycles. The van der Waals surface area contributed by atoms with E-state index in [9.17, 15) is 24.3 Å². The Hall–Kier alpha value is -2.20. The standard InChI is InChI=1S/C42H77NO9/c1-6-8-10-12-14-16-17-18-19-20-21-22-24-26-28-30-32-43(38(48)31-29-27-25-23-15-13-11-9-7-2)42-41(51-36(5)47)40(50-35(4)46)39(49-34(3)45)37(33-44)52-42/h37,39-42,44H,6-33H2,1-5H3/t37-,39-,40+,41+,42-/m1/s1. The van der Waals surface area contributed by atoms with Crippen LogP contribution in [-0.4, -0.2) is 77.6 Å². The molecule has 1 N–H and O–H groups in total. The molecule has 0 unspecified atom stereocenters. The lowest BCUT2D eigenvalue weighted by molar-refractivity contribution is -0.275. The third-order valence-corrected chi connectivity index (χ3v) is 10.1. The molecule has 5 atom stereocenters. The van der Waals surface area contributed by atoms with Crippen molar-refractivity contribution in [2.45, 2.75) is 232 Å². The number of carbonyl (C=O) groups excluding carboxylic acids is 4. The Bertz CT molecular complexity index is 944. The topological polar surface area (TPSA) is 129 Å². The molecule has 0 aromatic carbocycles. The Labute approximate surface area is 316 Å². The molecule has 0 aromatic heterocycles. The highest BCUT2D eigenvalue weighted by atomic mass is 16.7. The molecule has 1 rings (SSSR count). The summed E-state index contributed by atoms with van der Waals surface area (Å²) in [7, 11) is 0. The van der Waals surface area contributed by atoms with Gasteiger partial charge < -0.3 is 29.0 Å². The van der Waals surface area contributed by atoms with Crippen molar-refractivity contribution in [2.75, 3.05) is 13.2 Å². The third kappa shape index (κ3) is 22.1. The zero-order chi connectivity index (χ0) is 38.4. The van der Waals surface area contributed by atoms with Crippen molar-refractivity contribution in [3.63, 3.8) is 0 Å². The van der Waals surface area contributed by atoms with E-state index in [1.165, 1.54) is 130 Å². The molecule has 1 amide bonds. The fourth-order valence-electron chi connectivity index (χ4n) is 7.22. The van der Waals surface area contributed by atoms with Gasteiger partial charge in [0.05, 0.1) is 6.61 Å². The number of hydrogen-bond donors (Lipinski definition) is 1. The van der Waals surface area contributed by atoms with Crippen LogP contribution in [0.5, 0.6) is 0 Å². The lowest BCUT2D eigenvalue weighted by atomic mass is 9.96. The first-order chi connectivity index (χ1) is 25.2. The molecule has 0 aliphatic carbocycles. The molecule has 0 spiro atoms. The van der Waals surface area contributed by atoms with Gasteiger partial charge in [-0.25, -0.2) is 0 Å². The summed E-state index contributed by atoms with van der Waals surface area (Å²) in [6, 6.07) is 0. The van der Waals surface area contributed by atoms with Crippen LogP contribution in [0.15, 0.2) is 0 Å². The summed E-state index contributed by atoms with van der Waals surface area (Å²) in [5.41, 5.74) is 0. The normalized spacial score (nSPS) is 20.0. The number of rotatable bonds is 32. The predicted molar refractivity (Wildman–Crippen MR) is 206 cm³/mol. The Morgan fingerprint density at radius 3 is 1.23 bits per heavy atom. The summed E-state index contributed by atoms with van der Waals surface area (Å²) in [6.07, 6.45) is 24.3. The maximum atomic E-state index is 13.9. The average molecular weight is 740 g/mol. The minimum absolute atomic E-state index is 0.143. The Morgan fingerprint density at radius 2 is 0.846 bits per heavy atom. The van der Waals surface area contributed by atoms with Gasteiger partial charge >= 0.3 is 17.9 Å². The van der Waals surface area contributed by atoms with Crippen LogP contribution in [0.4, 0.5) is 0 Å². The van der Waals surface area contributed by atoms with Gasteiger partial charge in [-0.3, -0.25) is 19.2 Å². The molecule has 1 heterocycles. The van der Waals surface area contributed by atoms with E-state index in [-0.39, 0.29) is 5.91 Å². The minimum atomic E-state index is -1.27. The van der Waals surface area contributed by atoms with Crippen LogP contribution < -0.4 is 0 Å². The summed E-state index contributed by atoms with van der Waals surface area (Å²) >= 11 is 0. The number of nitrogens with zero attached hydrogens (tertiary/aromatic N) is 1. The molecule has 10 nitrogen and oxygen atoms in total. The summed E-state index contributed by atoms with van der Waals surface area (Å²) in [5, 5.41) is 10.3. The van der Waals surface area contributed by atoms with Gasteiger partial charge in [0.2, 0.25) is 5.91 Å². The van der Waals surface area contributed by atoms with Crippen LogP contribution in [0, 0.1) is 0 Å². The summed E-state index contributed by atoms with van der Waals surface area (Å²) < 4.78 is 22.9. The number of hydrogen-bond acceptors (Lipinski definition) is 9. The number of esters is 3. The van der Waals surface area contributed by atoms with Gasteiger partial charge in [-0.15, -0.1) is 0 Å². The number of ether oxygens (including phenoxy) is 4. The molecule has 0 bridgehead atoms. The van der Waals surface area contributed by atoms with E-state index in [2.05, 4.69) is 13.8 Å². The van der Waals surface area contributed by atoms with Gasteiger partial charge in [-0.2, -0.15) is 0 Å². The highest BCUT2D eigenvalue weighted by molar-refractivity contribution is 5.76. The molecular weight excluding hydrogens is 662 g/mol. The van der Waals surface area contributed by atoms with Gasteiger partial charge in [-0.1, -0.05) is 162 Å². The van der Waals surface area contributed by atoms with Crippen molar-refractivity contribution in [3.8, 4) is 0 Å². The van der Waals surface area contributed by atoms with Gasteiger partial charge in [0.25, 0.3) is 0 Å². The smallest absolute Gasteiger partial charge is 0.303 e. The van der Waals surface area contributed by atoms with Crippen LogP contribution in [-0.2, 0) is 38.1 Å². The van der Waals surface area contributed by atoms with Crippen molar-refractivity contribution in [3.05, 3.63) is 0 Å². The van der Waals surface area contributed by atoms with Crippen molar-refractivity contribution in [1.82, 2.24) is 4.90 Å². The maximum absolute atomic E-state index is 13.9. The second-order valence-corrected chi connectivity index (χ2v) is 14.9. The fourth-order valence-corrected chi connectivity index (χ4v) is 7.22. The molecule has 304 valence electrons. The fraction of sp³-hybridized carbons (Fsp3) is 0.905. The van der Waals surface area contributed by atoms with Crippen LogP contribution >= 0.6 is 0 Å². The lowest BCUT2D eigenvalue weighted by Gasteiger charge is -2.47. The molecule has 1 saturated heterocycles. The van der Waals surface area contributed by atoms with E-state index in [1.807, 2.05) is 0 Å². The first-order valence-electron chi connectivity index (χ1n) is 21.2. The van der Waals surface area contributed by atoms with Crippen molar-refractivity contribution >= 4 is 23.8 Å².